The van der Waals surface area contributed by atoms with Gasteiger partial charge in [-0.2, -0.15) is 0 Å². The molecule has 1 fully saturated rings. The Labute approximate surface area is 174 Å². The minimum atomic E-state index is -0.0202. The molecule has 2 aliphatic carbocycles. The lowest BCUT2D eigenvalue weighted by molar-refractivity contribution is -0.119. The van der Waals surface area contributed by atoms with E-state index >= 15 is 0 Å². The molecule has 3 atom stereocenters. The van der Waals surface area contributed by atoms with Crippen LogP contribution in [0.25, 0.3) is 10.2 Å². The van der Waals surface area contributed by atoms with Crippen LogP contribution >= 0.6 is 23.1 Å². The summed E-state index contributed by atoms with van der Waals surface area (Å²) in [7, 11) is 0. The number of carbonyl (C=O) groups is 1. The van der Waals surface area contributed by atoms with Gasteiger partial charge >= 0.3 is 0 Å². The van der Waals surface area contributed by atoms with Crippen molar-refractivity contribution in [3.05, 3.63) is 26.6 Å². The zero-order chi connectivity index (χ0) is 19.7. The molecule has 2 aromatic rings. The molecule has 0 radical (unpaired) electrons. The van der Waals surface area contributed by atoms with Crippen molar-refractivity contribution in [2.75, 3.05) is 5.75 Å². The van der Waals surface area contributed by atoms with E-state index in [1.54, 1.807) is 11.3 Å². The fourth-order valence-electron chi connectivity index (χ4n) is 4.48. The largest absolute Gasteiger partial charge is 0.352 e. The van der Waals surface area contributed by atoms with Crippen molar-refractivity contribution in [2.24, 2.45) is 11.8 Å². The average molecular weight is 420 g/mol. The molecule has 0 bridgehead atoms. The summed E-state index contributed by atoms with van der Waals surface area (Å²) < 4.78 is 0. The van der Waals surface area contributed by atoms with Gasteiger partial charge in [-0.05, 0) is 49.5 Å². The first-order chi connectivity index (χ1) is 13.5. The van der Waals surface area contributed by atoms with E-state index in [2.05, 4.69) is 24.1 Å². The molecule has 0 aliphatic heterocycles. The van der Waals surface area contributed by atoms with Gasteiger partial charge in [0.25, 0.3) is 5.56 Å². The maximum absolute atomic E-state index is 12.6. The average Bonchev–Trinajstić information content (AvgIpc) is 3.01. The minimum absolute atomic E-state index is 0.0202. The molecule has 0 unspecified atom stereocenters. The SMILES string of the molecule is C[C@H]1CCc2c(sc3nc(CSCC(=O)N[C@H]4CCCC[C@@H]4C)[nH]c(=O)c23)C1. The molecule has 7 heteroatoms. The number of aromatic amines is 1. The minimum Gasteiger partial charge on any atom is -0.352 e. The van der Waals surface area contributed by atoms with Crippen molar-refractivity contribution in [3.8, 4) is 0 Å². The van der Waals surface area contributed by atoms with Crippen LogP contribution in [0.2, 0.25) is 0 Å². The Morgan fingerprint density at radius 1 is 1.29 bits per heavy atom. The van der Waals surface area contributed by atoms with Crippen LogP contribution in [0.4, 0.5) is 0 Å². The molecular formula is C21H29N3O2S2. The fraction of sp³-hybridized carbons (Fsp3) is 0.667. The zero-order valence-electron chi connectivity index (χ0n) is 16.7. The summed E-state index contributed by atoms with van der Waals surface area (Å²) in [4.78, 5) is 34.7. The van der Waals surface area contributed by atoms with Crippen LogP contribution in [0.3, 0.4) is 0 Å². The highest BCUT2D eigenvalue weighted by molar-refractivity contribution is 7.99. The van der Waals surface area contributed by atoms with Crippen LogP contribution in [0.5, 0.6) is 0 Å². The number of thiophene rings is 1. The molecule has 0 spiro atoms. The molecule has 0 saturated heterocycles. The maximum Gasteiger partial charge on any atom is 0.259 e. The zero-order valence-corrected chi connectivity index (χ0v) is 18.3. The second-order valence-corrected chi connectivity index (χ2v) is 10.5. The number of hydrogen-bond donors (Lipinski definition) is 2. The Morgan fingerprint density at radius 3 is 2.93 bits per heavy atom. The molecule has 2 aliphatic rings. The lowest BCUT2D eigenvalue weighted by Crippen LogP contribution is -2.41. The molecule has 152 valence electrons. The Kier molecular flexibility index (Phi) is 6.11. The van der Waals surface area contributed by atoms with Gasteiger partial charge in [-0.15, -0.1) is 23.1 Å². The third-order valence-corrected chi connectivity index (χ3v) is 8.24. The van der Waals surface area contributed by atoms with Crippen molar-refractivity contribution in [2.45, 2.75) is 70.6 Å². The van der Waals surface area contributed by atoms with E-state index in [0.29, 0.717) is 35.2 Å². The summed E-state index contributed by atoms with van der Waals surface area (Å²) in [5.41, 5.74) is 1.19. The number of nitrogens with zero attached hydrogens (tertiary/aromatic N) is 1. The summed E-state index contributed by atoms with van der Waals surface area (Å²) in [5.74, 6) is 2.97. The Morgan fingerprint density at radius 2 is 2.11 bits per heavy atom. The second kappa shape index (κ2) is 8.57. The van der Waals surface area contributed by atoms with Crippen LogP contribution in [0, 0.1) is 11.8 Å². The fourth-order valence-corrected chi connectivity index (χ4v) is 6.58. The van der Waals surface area contributed by atoms with E-state index in [1.165, 1.54) is 41.5 Å². The third-order valence-electron chi connectivity index (χ3n) is 6.14. The quantitative estimate of drug-likeness (QED) is 0.767. The maximum atomic E-state index is 12.6. The molecule has 4 rings (SSSR count). The Bertz CT molecular complexity index is 920. The summed E-state index contributed by atoms with van der Waals surface area (Å²) in [6.45, 7) is 4.49. The highest BCUT2D eigenvalue weighted by Crippen LogP contribution is 2.35. The molecule has 1 saturated carbocycles. The van der Waals surface area contributed by atoms with Gasteiger partial charge in [0.2, 0.25) is 5.91 Å². The van der Waals surface area contributed by atoms with E-state index in [1.807, 2.05) is 0 Å². The Hall–Kier alpha value is -1.34. The second-order valence-electron chi connectivity index (χ2n) is 8.47. The van der Waals surface area contributed by atoms with Gasteiger partial charge in [0.15, 0.2) is 0 Å². The highest BCUT2D eigenvalue weighted by Gasteiger charge is 2.24. The normalized spacial score (nSPS) is 24.9. The van der Waals surface area contributed by atoms with E-state index in [-0.39, 0.29) is 11.5 Å². The van der Waals surface area contributed by atoms with Gasteiger partial charge in [0.1, 0.15) is 10.7 Å². The first-order valence-corrected chi connectivity index (χ1v) is 12.4. The standard InChI is InChI=1S/C21H29N3O2S2/c1-12-7-8-14-16(9-12)28-21-19(14)20(26)23-17(24-21)10-27-11-18(25)22-15-6-4-3-5-13(15)2/h12-13,15H,3-11H2,1-2H3,(H,22,25)(H,23,24,26)/t12-,13-,15-/m0/s1. The van der Waals surface area contributed by atoms with Gasteiger partial charge < -0.3 is 10.3 Å². The van der Waals surface area contributed by atoms with Crippen molar-refractivity contribution in [3.63, 3.8) is 0 Å². The highest BCUT2D eigenvalue weighted by atomic mass is 32.2. The number of thioether (sulfide) groups is 1. The third kappa shape index (κ3) is 4.30. The number of carbonyl (C=O) groups excluding carboxylic acids is 1. The van der Waals surface area contributed by atoms with Crippen molar-refractivity contribution >= 4 is 39.2 Å². The number of nitrogens with one attached hydrogen (secondary N) is 2. The first-order valence-electron chi connectivity index (χ1n) is 10.4. The summed E-state index contributed by atoms with van der Waals surface area (Å²) in [5, 5.41) is 3.98. The van der Waals surface area contributed by atoms with Gasteiger partial charge in [0.05, 0.1) is 16.9 Å². The monoisotopic (exact) mass is 419 g/mol. The number of H-pyrrole nitrogens is 1. The molecule has 28 heavy (non-hydrogen) atoms. The summed E-state index contributed by atoms with van der Waals surface area (Å²) >= 11 is 3.19. The molecule has 5 nitrogen and oxygen atoms in total. The molecule has 2 aromatic heterocycles. The van der Waals surface area contributed by atoms with Crippen LogP contribution in [0.1, 0.15) is 62.2 Å². The van der Waals surface area contributed by atoms with Crippen LogP contribution < -0.4 is 10.9 Å². The molecule has 2 heterocycles. The molecule has 0 aromatic carbocycles. The number of aromatic nitrogens is 2. The van der Waals surface area contributed by atoms with Crippen LogP contribution in [-0.4, -0.2) is 27.7 Å². The summed E-state index contributed by atoms with van der Waals surface area (Å²) in [6, 6.07) is 0.316. The molecule has 2 N–H and O–H groups in total. The molecule has 1 amide bonds. The predicted molar refractivity (Wildman–Crippen MR) is 117 cm³/mol. The first kappa shape index (κ1) is 20.0. The van der Waals surface area contributed by atoms with E-state index in [4.69, 9.17) is 4.98 Å². The van der Waals surface area contributed by atoms with Crippen LogP contribution in [-0.2, 0) is 23.4 Å². The number of rotatable bonds is 5. The smallest absolute Gasteiger partial charge is 0.259 e. The van der Waals surface area contributed by atoms with Crippen molar-refractivity contribution < 1.29 is 4.79 Å². The predicted octanol–water partition coefficient (Wildman–Crippen LogP) is 4.04. The van der Waals surface area contributed by atoms with E-state index < -0.39 is 0 Å². The van der Waals surface area contributed by atoms with Crippen LogP contribution in [0.15, 0.2) is 4.79 Å². The van der Waals surface area contributed by atoms with Gasteiger partial charge in [0, 0.05) is 10.9 Å². The van der Waals surface area contributed by atoms with Gasteiger partial charge in [-0.25, -0.2) is 4.98 Å². The van der Waals surface area contributed by atoms with E-state index in [9.17, 15) is 9.59 Å². The van der Waals surface area contributed by atoms with Crippen molar-refractivity contribution in [1.82, 2.24) is 15.3 Å². The van der Waals surface area contributed by atoms with E-state index in [0.717, 1.165) is 35.9 Å². The number of aryl methyl sites for hydroxylation is 1. The number of fused-ring (bicyclic) bond motifs is 3. The summed E-state index contributed by atoms with van der Waals surface area (Å²) in [6.07, 6.45) is 7.95. The topological polar surface area (TPSA) is 74.8 Å². The van der Waals surface area contributed by atoms with Crippen molar-refractivity contribution in [1.29, 1.82) is 0 Å². The van der Waals surface area contributed by atoms with Gasteiger partial charge in [-0.3, -0.25) is 9.59 Å². The lowest BCUT2D eigenvalue weighted by atomic mass is 9.86. The number of hydrogen-bond acceptors (Lipinski definition) is 5. The number of amides is 1. The van der Waals surface area contributed by atoms with Gasteiger partial charge in [-0.1, -0.05) is 26.7 Å². The lowest BCUT2D eigenvalue weighted by Gasteiger charge is -2.29. The molecular weight excluding hydrogens is 390 g/mol. The Balaban J connectivity index is 1.37.